The summed E-state index contributed by atoms with van der Waals surface area (Å²) in [6, 6.07) is 0. The molecular weight excluding hydrogens is 172 g/mol. The molecule has 1 N–H and O–H groups in total. The van der Waals surface area contributed by atoms with Gasteiger partial charge in [-0.15, -0.1) is 0 Å². The van der Waals surface area contributed by atoms with E-state index in [1.54, 1.807) is 6.92 Å². The van der Waals surface area contributed by atoms with Crippen LogP contribution in [0.15, 0.2) is 12.2 Å². The second-order valence-electron chi connectivity index (χ2n) is 4.83. The van der Waals surface area contributed by atoms with Crippen molar-refractivity contribution in [1.82, 2.24) is 0 Å². The molecule has 0 saturated heterocycles. The highest BCUT2D eigenvalue weighted by molar-refractivity contribution is 4.87. The van der Waals surface area contributed by atoms with Crippen molar-refractivity contribution in [3.63, 3.8) is 0 Å². The minimum Gasteiger partial charge on any atom is -0.389 e. The van der Waals surface area contributed by atoms with Gasteiger partial charge in [0.2, 0.25) is 0 Å². The highest BCUT2D eigenvalue weighted by Gasteiger charge is 2.01. The van der Waals surface area contributed by atoms with Crippen molar-refractivity contribution >= 4 is 0 Å². The monoisotopic (exact) mass is 198 g/mol. The van der Waals surface area contributed by atoms with Gasteiger partial charge in [-0.2, -0.15) is 0 Å². The lowest BCUT2D eigenvalue weighted by Crippen LogP contribution is -1.97. The fourth-order valence-electron chi connectivity index (χ4n) is 1.50. The van der Waals surface area contributed by atoms with Crippen molar-refractivity contribution in [2.45, 2.75) is 59.5 Å². The standard InChI is InChI=1S/C13H26O/c1-11(2)7-5-8-12(3)9-6-10-13(4)14/h6,10-14H,5,7-9H2,1-4H3/t12-,13+/m1/s1. The lowest BCUT2D eigenvalue weighted by atomic mass is 9.97. The predicted octanol–water partition coefficient (Wildman–Crippen LogP) is 3.78. The van der Waals surface area contributed by atoms with Gasteiger partial charge >= 0.3 is 0 Å². The molecule has 0 aromatic rings. The Balaban J connectivity index is 3.41. The highest BCUT2D eigenvalue weighted by Crippen LogP contribution is 2.15. The molecule has 1 nitrogen and oxygen atoms in total. The molecule has 0 aliphatic carbocycles. The fraction of sp³-hybridized carbons (Fsp3) is 0.846. The third-order valence-electron chi connectivity index (χ3n) is 2.43. The first-order valence-corrected chi connectivity index (χ1v) is 5.87. The summed E-state index contributed by atoms with van der Waals surface area (Å²) in [5.41, 5.74) is 0. The molecule has 0 fully saturated rings. The van der Waals surface area contributed by atoms with E-state index in [9.17, 15) is 0 Å². The second kappa shape index (κ2) is 8.05. The Morgan fingerprint density at radius 1 is 1.07 bits per heavy atom. The maximum atomic E-state index is 9.03. The van der Waals surface area contributed by atoms with E-state index in [1.165, 1.54) is 19.3 Å². The summed E-state index contributed by atoms with van der Waals surface area (Å²) in [5.74, 6) is 1.58. The summed E-state index contributed by atoms with van der Waals surface area (Å²) in [5, 5.41) is 9.03. The molecule has 0 aliphatic rings. The Morgan fingerprint density at radius 3 is 2.21 bits per heavy atom. The molecule has 1 heteroatoms. The first-order chi connectivity index (χ1) is 6.52. The zero-order valence-corrected chi connectivity index (χ0v) is 10.2. The molecule has 0 rings (SSSR count). The average molecular weight is 198 g/mol. The van der Waals surface area contributed by atoms with Crippen molar-refractivity contribution in [3.05, 3.63) is 12.2 Å². The van der Waals surface area contributed by atoms with Gasteiger partial charge < -0.3 is 5.11 Å². The van der Waals surface area contributed by atoms with Crippen molar-refractivity contribution in [1.29, 1.82) is 0 Å². The third-order valence-corrected chi connectivity index (χ3v) is 2.43. The molecular formula is C13H26O. The first-order valence-electron chi connectivity index (χ1n) is 5.87. The Hall–Kier alpha value is -0.300. The maximum absolute atomic E-state index is 9.03. The van der Waals surface area contributed by atoms with Crippen LogP contribution < -0.4 is 0 Å². The molecule has 0 radical (unpaired) electrons. The SMILES string of the molecule is CC(C)CCC[C@@H](C)CC=C[C@H](C)O. The van der Waals surface area contributed by atoms with Crippen LogP contribution in [0.2, 0.25) is 0 Å². The topological polar surface area (TPSA) is 20.2 Å². The van der Waals surface area contributed by atoms with E-state index in [0.29, 0.717) is 0 Å². The van der Waals surface area contributed by atoms with E-state index < -0.39 is 0 Å². The summed E-state index contributed by atoms with van der Waals surface area (Å²) in [6.45, 7) is 8.63. The number of rotatable bonds is 7. The zero-order valence-electron chi connectivity index (χ0n) is 10.2. The van der Waals surface area contributed by atoms with Gasteiger partial charge in [0.1, 0.15) is 0 Å². The normalized spacial score (nSPS) is 16.4. The van der Waals surface area contributed by atoms with Gasteiger partial charge in [0.15, 0.2) is 0 Å². The largest absolute Gasteiger partial charge is 0.389 e. The number of hydrogen-bond donors (Lipinski definition) is 1. The average Bonchev–Trinajstić information content (AvgIpc) is 2.02. The van der Waals surface area contributed by atoms with Gasteiger partial charge in [-0.1, -0.05) is 52.2 Å². The van der Waals surface area contributed by atoms with E-state index in [-0.39, 0.29) is 6.10 Å². The molecule has 0 saturated carbocycles. The van der Waals surface area contributed by atoms with Gasteiger partial charge in [-0.05, 0) is 25.2 Å². The zero-order chi connectivity index (χ0) is 11.0. The minimum atomic E-state index is -0.294. The van der Waals surface area contributed by atoms with Gasteiger partial charge in [0.25, 0.3) is 0 Å². The van der Waals surface area contributed by atoms with Crippen LogP contribution in [0.3, 0.4) is 0 Å². The number of aliphatic hydroxyl groups is 1. The van der Waals surface area contributed by atoms with E-state index >= 15 is 0 Å². The number of allylic oxidation sites excluding steroid dienone is 1. The second-order valence-corrected chi connectivity index (χ2v) is 4.83. The molecule has 0 heterocycles. The molecule has 2 atom stereocenters. The summed E-state index contributed by atoms with van der Waals surface area (Å²) < 4.78 is 0. The Bertz CT molecular complexity index is 147. The van der Waals surface area contributed by atoms with Crippen LogP contribution >= 0.6 is 0 Å². The predicted molar refractivity (Wildman–Crippen MR) is 63.3 cm³/mol. The number of hydrogen-bond acceptors (Lipinski definition) is 1. The van der Waals surface area contributed by atoms with Gasteiger partial charge in [-0.3, -0.25) is 0 Å². The lowest BCUT2D eigenvalue weighted by molar-refractivity contribution is 0.243. The maximum Gasteiger partial charge on any atom is 0.0692 e. The van der Waals surface area contributed by atoms with Crippen LogP contribution in [0.25, 0.3) is 0 Å². The Labute approximate surface area is 89.2 Å². The molecule has 14 heavy (non-hydrogen) atoms. The summed E-state index contributed by atoms with van der Waals surface area (Å²) in [7, 11) is 0. The summed E-state index contributed by atoms with van der Waals surface area (Å²) in [4.78, 5) is 0. The van der Waals surface area contributed by atoms with E-state index in [2.05, 4.69) is 26.8 Å². The fourth-order valence-corrected chi connectivity index (χ4v) is 1.50. The molecule has 0 amide bonds. The van der Waals surface area contributed by atoms with Gasteiger partial charge in [0, 0.05) is 0 Å². The smallest absolute Gasteiger partial charge is 0.0692 e. The molecule has 0 spiro atoms. The first kappa shape index (κ1) is 13.7. The lowest BCUT2D eigenvalue weighted by Gasteiger charge is -2.09. The van der Waals surface area contributed by atoms with Crippen molar-refractivity contribution in [2.24, 2.45) is 11.8 Å². The molecule has 84 valence electrons. The van der Waals surface area contributed by atoms with Crippen LogP contribution in [0.4, 0.5) is 0 Å². The van der Waals surface area contributed by atoms with Crippen LogP contribution in [0.5, 0.6) is 0 Å². The highest BCUT2D eigenvalue weighted by atomic mass is 16.3. The summed E-state index contributed by atoms with van der Waals surface area (Å²) in [6.07, 6.45) is 8.76. The van der Waals surface area contributed by atoms with E-state index in [0.717, 1.165) is 18.3 Å². The van der Waals surface area contributed by atoms with Crippen molar-refractivity contribution in [3.8, 4) is 0 Å². The van der Waals surface area contributed by atoms with Crippen LogP contribution in [-0.4, -0.2) is 11.2 Å². The van der Waals surface area contributed by atoms with Gasteiger partial charge in [0.05, 0.1) is 6.10 Å². The van der Waals surface area contributed by atoms with Crippen LogP contribution in [0.1, 0.15) is 53.4 Å². The quantitative estimate of drug-likeness (QED) is 0.617. The van der Waals surface area contributed by atoms with E-state index in [1.807, 2.05) is 6.08 Å². The molecule has 0 aromatic carbocycles. The van der Waals surface area contributed by atoms with Crippen LogP contribution in [-0.2, 0) is 0 Å². The summed E-state index contributed by atoms with van der Waals surface area (Å²) >= 11 is 0. The molecule has 0 bridgehead atoms. The molecule has 0 aliphatic heterocycles. The number of aliphatic hydroxyl groups excluding tert-OH is 1. The Kier molecular flexibility index (Phi) is 7.87. The Morgan fingerprint density at radius 2 is 1.71 bits per heavy atom. The minimum absolute atomic E-state index is 0.294. The molecule has 0 unspecified atom stereocenters. The van der Waals surface area contributed by atoms with Crippen LogP contribution in [0, 0.1) is 11.8 Å². The third kappa shape index (κ3) is 9.79. The van der Waals surface area contributed by atoms with Crippen molar-refractivity contribution in [2.75, 3.05) is 0 Å². The molecule has 0 aromatic heterocycles. The van der Waals surface area contributed by atoms with E-state index in [4.69, 9.17) is 5.11 Å². The van der Waals surface area contributed by atoms with Crippen molar-refractivity contribution < 1.29 is 5.11 Å². The van der Waals surface area contributed by atoms with Gasteiger partial charge in [-0.25, -0.2) is 0 Å².